The molecule has 0 unspecified atom stereocenters. The number of thiophene rings is 1. The summed E-state index contributed by atoms with van der Waals surface area (Å²) in [5.41, 5.74) is 8.37. The Morgan fingerprint density at radius 2 is 0.952 bits per heavy atom. The summed E-state index contributed by atoms with van der Waals surface area (Å²) in [6, 6.07) is 59.1. The Bertz CT molecular complexity index is 2170. The molecule has 0 aliphatic rings. The molecule has 0 amide bonds. The third-order valence-corrected chi connectivity index (χ3v) is 9.30. The molecule has 8 rings (SSSR count). The van der Waals surface area contributed by atoms with Crippen molar-refractivity contribution in [1.29, 1.82) is 0 Å². The molecule has 0 aliphatic carbocycles. The van der Waals surface area contributed by atoms with Crippen molar-refractivity contribution in [3.8, 4) is 22.3 Å². The number of nitrogens with zero attached hydrogens (tertiary/aromatic N) is 1. The van der Waals surface area contributed by atoms with Gasteiger partial charge < -0.3 is 4.90 Å². The monoisotopic (exact) mass is 553 g/mol. The molecule has 0 radical (unpaired) electrons. The molecule has 1 nitrogen and oxygen atoms in total. The molecule has 0 atom stereocenters. The van der Waals surface area contributed by atoms with Gasteiger partial charge in [0, 0.05) is 36.9 Å². The molecule has 0 aliphatic heterocycles. The van der Waals surface area contributed by atoms with E-state index in [1.807, 2.05) is 11.3 Å². The lowest BCUT2D eigenvalue weighted by molar-refractivity contribution is 1.30. The van der Waals surface area contributed by atoms with Crippen molar-refractivity contribution >= 4 is 59.3 Å². The SMILES string of the molecule is c1ccc(-c2ccc(N(c3ccc(-c4cccc5c4sc4ccccc45)cc3)c3cccc4ccccc34)cc2)cc1. The zero-order valence-electron chi connectivity index (χ0n) is 22.9. The Morgan fingerprint density at radius 3 is 1.74 bits per heavy atom. The third-order valence-electron chi connectivity index (χ3n) is 8.08. The van der Waals surface area contributed by atoms with E-state index in [9.17, 15) is 0 Å². The summed E-state index contributed by atoms with van der Waals surface area (Å²) in [7, 11) is 0. The summed E-state index contributed by atoms with van der Waals surface area (Å²) >= 11 is 1.88. The van der Waals surface area contributed by atoms with Gasteiger partial charge in [0.25, 0.3) is 0 Å². The van der Waals surface area contributed by atoms with Crippen LogP contribution in [-0.2, 0) is 0 Å². The van der Waals surface area contributed by atoms with Crippen molar-refractivity contribution in [2.45, 2.75) is 0 Å². The number of anilines is 3. The number of fused-ring (bicyclic) bond motifs is 4. The van der Waals surface area contributed by atoms with Crippen LogP contribution in [0.15, 0.2) is 164 Å². The van der Waals surface area contributed by atoms with Gasteiger partial charge in [-0.05, 0) is 64.0 Å². The largest absolute Gasteiger partial charge is 0.310 e. The highest BCUT2D eigenvalue weighted by Gasteiger charge is 2.16. The standard InChI is InChI=1S/C40H27NS/c1-2-10-28(11-3-1)29-20-24-32(25-21-29)41(38-18-8-13-30-12-4-5-14-34(30)38)33-26-22-31(23-27-33)35-16-9-17-37-36-15-6-7-19-39(36)42-40(35)37/h1-27H. The van der Waals surface area contributed by atoms with Gasteiger partial charge in [-0.3, -0.25) is 0 Å². The van der Waals surface area contributed by atoms with Gasteiger partial charge in [0.05, 0.1) is 5.69 Å². The van der Waals surface area contributed by atoms with E-state index >= 15 is 0 Å². The first-order valence-electron chi connectivity index (χ1n) is 14.3. The van der Waals surface area contributed by atoms with Crippen LogP contribution >= 0.6 is 11.3 Å². The Labute approximate surface area is 249 Å². The predicted octanol–water partition coefficient (Wildman–Crippen LogP) is 12.0. The Kier molecular flexibility index (Phi) is 6.05. The minimum absolute atomic E-state index is 1.13. The second-order valence-electron chi connectivity index (χ2n) is 10.6. The van der Waals surface area contributed by atoms with Gasteiger partial charge in [0.2, 0.25) is 0 Å². The summed E-state index contributed by atoms with van der Waals surface area (Å²) in [5, 5.41) is 5.12. The molecule has 8 aromatic rings. The van der Waals surface area contributed by atoms with Crippen molar-refractivity contribution in [3.05, 3.63) is 164 Å². The minimum Gasteiger partial charge on any atom is -0.310 e. The lowest BCUT2D eigenvalue weighted by atomic mass is 10.0. The highest BCUT2D eigenvalue weighted by molar-refractivity contribution is 7.26. The summed E-state index contributed by atoms with van der Waals surface area (Å²) in [5.74, 6) is 0. The minimum atomic E-state index is 1.13. The molecule has 7 aromatic carbocycles. The zero-order chi connectivity index (χ0) is 27.9. The van der Waals surface area contributed by atoms with Gasteiger partial charge in [-0.25, -0.2) is 0 Å². The molecule has 0 N–H and O–H groups in total. The van der Waals surface area contributed by atoms with Crippen LogP contribution < -0.4 is 4.90 Å². The first-order valence-corrected chi connectivity index (χ1v) is 15.1. The van der Waals surface area contributed by atoms with E-state index in [2.05, 4.69) is 169 Å². The molecule has 2 heteroatoms. The van der Waals surface area contributed by atoms with E-state index in [4.69, 9.17) is 0 Å². The van der Waals surface area contributed by atoms with Crippen molar-refractivity contribution in [3.63, 3.8) is 0 Å². The predicted molar refractivity (Wildman–Crippen MR) is 182 cm³/mol. The van der Waals surface area contributed by atoms with Crippen LogP contribution in [-0.4, -0.2) is 0 Å². The maximum Gasteiger partial charge on any atom is 0.0540 e. The maximum atomic E-state index is 2.38. The first kappa shape index (κ1) is 24.6. The second kappa shape index (κ2) is 10.3. The summed E-state index contributed by atoms with van der Waals surface area (Å²) in [6.07, 6.45) is 0. The van der Waals surface area contributed by atoms with Crippen LogP contribution in [0.4, 0.5) is 17.1 Å². The molecular weight excluding hydrogens is 527 g/mol. The Hall–Kier alpha value is -5.18. The first-order chi connectivity index (χ1) is 20.8. The molecule has 198 valence electrons. The number of hydrogen-bond acceptors (Lipinski definition) is 2. The number of benzene rings is 7. The van der Waals surface area contributed by atoms with E-state index in [1.165, 1.54) is 58.9 Å². The average Bonchev–Trinajstić information content (AvgIpc) is 3.45. The Morgan fingerprint density at radius 1 is 0.381 bits per heavy atom. The summed E-state index contributed by atoms with van der Waals surface area (Å²) < 4.78 is 2.67. The summed E-state index contributed by atoms with van der Waals surface area (Å²) in [4.78, 5) is 2.38. The molecular formula is C40H27NS. The van der Waals surface area contributed by atoms with E-state index in [0.717, 1.165) is 11.4 Å². The fraction of sp³-hybridized carbons (Fsp3) is 0. The van der Waals surface area contributed by atoms with Gasteiger partial charge in [0.15, 0.2) is 0 Å². The molecule has 0 spiro atoms. The molecule has 42 heavy (non-hydrogen) atoms. The number of rotatable bonds is 5. The Balaban J connectivity index is 1.25. The lowest BCUT2D eigenvalue weighted by Crippen LogP contribution is -2.10. The zero-order valence-corrected chi connectivity index (χ0v) is 23.8. The number of hydrogen-bond donors (Lipinski definition) is 0. The maximum absolute atomic E-state index is 2.38. The van der Waals surface area contributed by atoms with Crippen LogP contribution in [0.3, 0.4) is 0 Å². The van der Waals surface area contributed by atoms with Crippen LogP contribution in [0, 0.1) is 0 Å². The van der Waals surface area contributed by atoms with Crippen molar-refractivity contribution < 1.29 is 0 Å². The third kappa shape index (κ3) is 4.25. The molecule has 0 saturated carbocycles. The van der Waals surface area contributed by atoms with Crippen LogP contribution in [0.25, 0.3) is 53.2 Å². The van der Waals surface area contributed by atoms with Crippen molar-refractivity contribution in [2.24, 2.45) is 0 Å². The van der Waals surface area contributed by atoms with Crippen LogP contribution in [0.1, 0.15) is 0 Å². The molecule has 1 aromatic heterocycles. The van der Waals surface area contributed by atoms with Crippen LogP contribution in [0.5, 0.6) is 0 Å². The van der Waals surface area contributed by atoms with E-state index in [1.54, 1.807) is 0 Å². The normalized spacial score (nSPS) is 11.3. The van der Waals surface area contributed by atoms with Gasteiger partial charge in [-0.2, -0.15) is 0 Å². The van der Waals surface area contributed by atoms with E-state index in [0.29, 0.717) is 0 Å². The van der Waals surface area contributed by atoms with Crippen molar-refractivity contribution in [1.82, 2.24) is 0 Å². The second-order valence-corrected chi connectivity index (χ2v) is 11.6. The van der Waals surface area contributed by atoms with E-state index < -0.39 is 0 Å². The highest BCUT2D eigenvalue weighted by atomic mass is 32.1. The average molecular weight is 554 g/mol. The van der Waals surface area contributed by atoms with Gasteiger partial charge in [-0.15, -0.1) is 11.3 Å². The molecule has 0 bridgehead atoms. The fourth-order valence-electron chi connectivity index (χ4n) is 6.03. The lowest BCUT2D eigenvalue weighted by Gasteiger charge is -2.27. The van der Waals surface area contributed by atoms with Gasteiger partial charge in [0.1, 0.15) is 0 Å². The van der Waals surface area contributed by atoms with Crippen molar-refractivity contribution in [2.75, 3.05) is 4.90 Å². The smallest absolute Gasteiger partial charge is 0.0540 e. The van der Waals surface area contributed by atoms with E-state index in [-0.39, 0.29) is 0 Å². The van der Waals surface area contributed by atoms with Gasteiger partial charge >= 0.3 is 0 Å². The molecule has 1 heterocycles. The van der Waals surface area contributed by atoms with Gasteiger partial charge in [-0.1, -0.05) is 127 Å². The molecule has 0 saturated heterocycles. The van der Waals surface area contributed by atoms with Crippen LogP contribution in [0.2, 0.25) is 0 Å². The fourth-order valence-corrected chi connectivity index (χ4v) is 7.27. The topological polar surface area (TPSA) is 3.24 Å². The molecule has 0 fully saturated rings. The highest BCUT2D eigenvalue weighted by Crippen LogP contribution is 2.42. The summed E-state index contributed by atoms with van der Waals surface area (Å²) in [6.45, 7) is 0. The quantitative estimate of drug-likeness (QED) is 0.205.